The first-order valence-electron chi connectivity index (χ1n) is 16.5. The van der Waals surface area contributed by atoms with Gasteiger partial charge in [0.2, 0.25) is 0 Å². The van der Waals surface area contributed by atoms with Gasteiger partial charge in [0.25, 0.3) is 5.91 Å². The minimum absolute atomic E-state index is 0.0408. The van der Waals surface area contributed by atoms with Crippen molar-refractivity contribution in [2.45, 2.75) is 20.3 Å². The molecule has 1 fully saturated rings. The zero-order valence-corrected chi connectivity index (χ0v) is 28.5. The first-order chi connectivity index (χ1) is 24.2. The van der Waals surface area contributed by atoms with Gasteiger partial charge in [-0.15, -0.1) is 0 Å². The van der Waals surface area contributed by atoms with Crippen LogP contribution >= 0.6 is 0 Å². The minimum Gasteiger partial charge on any atom is -0.493 e. The highest BCUT2D eigenvalue weighted by Crippen LogP contribution is 2.40. The molecule has 262 valence electrons. The number of hydrogen-bond acceptors (Lipinski definition) is 9. The van der Waals surface area contributed by atoms with Crippen molar-refractivity contribution in [3.8, 4) is 34.4 Å². The smallest absolute Gasteiger partial charge is 0.280 e. The Hall–Kier alpha value is -5.27. The molecule has 1 saturated heterocycles. The van der Waals surface area contributed by atoms with Crippen molar-refractivity contribution in [3.05, 3.63) is 89.9 Å². The fourth-order valence-corrected chi connectivity index (χ4v) is 5.81. The number of benzene rings is 3. The number of halogens is 2. The van der Waals surface area contributed by atoms with E-state index in [9.17, 15) is 9.18 Å². The molecule has 0 spiro atoms. The third-order valence-electron chi connectivity index (χ3n) is 8.49. The molecule has 6 rings (SSSR count). The van der Waals surface area contributed by atoms with E-state index in [0.717, 1.165) is 39.1 Å². The molecule has 13 heteroatoms. The predicted octanol–water partition coefficient (Wildman–Crippen LogP) is 6.48. The Morgan fingerprint density at radius 3 is 2.54 bits per heavy atom. The van der Waals surface area contributed by atoms with Crippen LogP contribution in [0.1, 0.15) is 29.4 Å². The van der Waals surface area contributed by atoms with Gasteiger partial charge in [-0.25, -0.2) is 13.5 Å². The van der Waals surface area contributed by atoms with Crippen LogP contribution in [0.4, 0.5) is 14.5 Å². The monoisotopic (exact) mass is 686 g/mol. The lowest BCUT2D eigenvalue weighted by atomic mass is 10.1. The van der Waals surface area contributed by atoms with E-state index < -0.39 is 11.7 Å². The Morgan fingerprint density at radius 1 is 0.960 bits per heavy atom. The summed E-state index contributed by atoms with van der Waals surface area (Å²) < 4.78 is 54.2. The van der Waals surface area contributed by atoms with Gasteiger partial charge in [0.1, 0.15) is 11.6 Å². The number of rotatable bonds is 13. The number of nitrogens with zero attached hydrogens (tertiary/aromatic N) is 5. The van der Waals surface area contributed by atoms with Gasteiger partial charge < -0.3 is 34.1 Å². The molecule has 0 bridgehead atoms. The Kier molecular flexibility index (Phi) is 10.7. The summed E-state index contributed by atoms with van der Waals surface area (Å²) in [5.41, 5.74) is 1.77. The largest absolute Gasteiger partial charge is 0.493 e. The lowest BCUT2D eigenvalue weighted by Crippen LogP contribution is -2.44. The molecule has 1 amide bonds. The van der Waals surface area contributed by atoms with Crippen molar-refractivity contribution < 1.29 is 32.5 Å². The molecule has 3 heterocycles. The van der Waals surface area contributed by atoms with Gasteiger partial charge in [0, 0.05) is 50.4 Å². The molecular formula is C37H40F2N6O5. The van der Waals surface area contributed by atoms with Gasteiger partial charge in [-0.3, -0.25) is 9.78 Å². The van der Waals surface area contributed by atoms with E-state index in [0.29, 0.717) is 46.0 Å². The number of carbonyl (C=O) groups is 1. The number of fused-ring (bicyclic) bond motifs is 1. The number of pyridine rings is 1. The van der Waals surface area contributed by atoms with Crippen molar-refractivity contribution in [2.75, 3.05) is 65.4 Å². The van der Waals surface area contributed by atoms with Gasteiger partial charge in [-0.2, -0.15) is 5.10 Å². The van der Waals surface area contributed by atoms with Crippen molar-refractivity contribution >= 4 is 22.5 Å². The zero-order chi connectivity index (χ0) is 35.2. The van der Waals surface area contributed by atoms with Gasteiger partial charge in [-0.1, -0.05) is 6.07 Å². The van der Waals surface area contributed by atoms with E-state index in [-0.39, 0.29) is 35.3 Å². The van der Waals surface area contributed by atoms with Crippen LogP contribution in [0.2, 0.25) is 0 Å². The number of likely N-dealkylation sites (N-methyl/N-ethyl adjacent to an activating group) is 1. The van der Waals surface area contributed by atoms with Crippen LogP contribution in [0.3, 0.4) is 0 Å². The number of hydrogen-bond donors (Lipinski definition) is 1. The zero-order valence-electron chi connectivity index (χ0n) is 28.5. The van der Waals surface area contributed by atoms with E-state index in [4.69, 9.17) is 18.9 Å². The normalized spacial score (nSPS) is 13.7. The van der Waals surface area contributed by atoms with Gasteiger partial charge in [-0.05, 0) is 75.3 Å². The minimum atomic E-state index is -0.697. The Morgan fingerprint density at radius 2 is 1.78 bits per heavy atom. The van der Waals surface area contributed by atoms with E-state index in [1.54, 1.807) is 57.6 Å². The number of nitrogens with one attached hydrogen (secondary N) is 1. The molecule has 11 nitrogen and oxygen atoms in total. The molecule has 0 unspecified atom stereocenters. The van der Waals surface area contributed by atoms with Gasteiger partial charge >= 0.3 is 0 Å². The quantitative estimate of drug-likeness (QED) is 0.140. The van der Waals surface area contributed by atoms with Gasteiger partial charge in [0.15, 0.2) is 34.5 Å². The van der Waals surface area contributed by atoms with Crippen LogP contribution in [0.5, 0.6) is 28.7 Å². The third-order valence-corrected chi connectivity index (χ3v) is 8.49. The number of methoxy groups -OCH3 is 1. The van der Waals surface area contributed by atoms with E-state index in [1.165, 1.54) is 35.0 Å². The molecule has 1 N–H and O–H groups in total. The second-order valence-corrected chi connectivity index (χ2v) is 12.0. The number of amides is 1. The molecule has 50 heavy (non-hydrogen) atoms. The Labute approximate surface area is 289 Å². The number of ether oxygens (including phenoxy) is 4. The van der Waals surface area contributed by atoms with Crippen LogP contribution in [-0.2, 0) is 0 Å². The first kappa shape index (κ1) is 34.6. The number of aryl methyl sites for hydroxylation is 1. The summed E-state index contributed by atoms with van der Waals surface area (Å²) in [5, 5.41) is 7.71. The summed E-state index contributed by atoms with van der Waals surface area (Å²) in [6, 6.07) is 13.6. The molecule has 2 aromatic heterocycles. The molecule has 0 atom stereocenters. The molecule has 5 aromatic rings. The summed E-state index contributed by atoms with van der Waals surface area (Å²) in [6.45, 7) is 9.46. The third kappa shape index (κ3) is 7.79. The fraction of sp³-hybridized carbons (Fsp3) is 0.324. The highest BCUT2D eigenvalue weighted by Gasteiger charge is 2.23. The van der Waals surface area contributed by atoms with Crippen LogP contribution in [-0.4, -0.2) is 90.6 Å². The molecule has 0 aliphatic carbocycles. The first-order valence-corrected chi connectivity index (χ1v) is 16.5. The van der Waals surface area contributed by atoms with Crippen LogP contribution < -0.4 is 24.3 Å². The molecule has 0 radical (unpaired) electrons. The fourth-order valence-electron chi connectivity index (χ4n) is 5.81. The lowest BCUT2D eigenvalue weighted by molar-refractivity contribution is 0.101. The lowest BCUT2D eigenvalue weighted by Gasteiger charge is -2.32. The average molecular weight is 687 g/mol. The number of anilines is 1. The molecule has 0 saturated carbocycles. The Bertz CT molecular complexity index is 1980. The van der Waals surface area contributed by atoms with Crippen molar-refractivity contribution in [1.29, 1.82) is 0 Å². The van der Waals surface area contributed by atoms with E-state index in [1.807, 2.05) is 0 Å². The summed E-state index contributed by atoms with van der Waals surface area (Å²) in [4.78, 5) is 22.9. The maximum atomic E-state index is 15.4. The number of aromatic nitrogens is 3. The van der Waals surface area contributed by atoms with Crippen molar-refractivity contribution in [3.63, 3.8) is 0 Å². The SMILES string of the molecule is CCOc1cn(-c2ccc(F)cc2C)nc1C(=O)Nc1cccc(F)c1Oc1ccnc2cc(OCCCN3CCN(C)CC3)c(OC)cc12. The number of piperazine rings is 1. The molecule has 3 aromatic carbocycles. The second-order valence-electron chi connectivity index (χ2n) is 12.0. The highest BCUT2D eigenvalue weighted by molar-refractivity contribution is 6.05. The Balaban J connectivity index is 1.22. The number of para-hydroxylation sites is 1. The van der Waals surface area contributed by atoms with Crippen LogP contribution in [0.25, 0.3) is 16.6 Å². The maximum absolute atomic E-state index is 15.4. The van der Waals surface area contributed by atoms with Gasteiger partial charge in [0.05, 0.1) is 43.4 Å². The summed E-state index contributed by atoms with van der Waals surface area (Å²) >= 11 is 0. The second kappa shape index (κ2) is 15.5. The van der Waals surface area contributed by atoms with Crippen molar-refractivity contribution in [1.82, 2.24) is 24.6 Å². The van der Waals surface area contributed by atoms with E-state index in [2.05, 4.69) is 32.2 Å². The predicted molar refractivity (Wildman–Crippen MR) is 186 cm³/mol. The standard InChI is InChI=1S/C37H40F2N6O5/c1-5-48-34-23-45(30-11-10-25(38)20-24(30)2)42-35(34)37(46)41-28-9-6-8-27(39)36(28)50-31-12-13-40-29-22-33(32(47-4)21-26(29)31)49-19-7-14-44-17-15-43(3)16-18-44/h6,8-13,20-23H,5,7,14-19H2,1-4H3,(H,41,46). The summed E-state index contributed by atoms with van der Waals surface area (Å²) in [5.74, 6) is -0.422. The molecular weight excluding hydrogens is 646 g/mol. The van der Waals surface area contributed by atoms with Crippen LogP contribution in [0, 0.1) is 18.6 Å². The highest BCUT2D eigenvalue weighted by atomic mass is 19.1. The number of carbonyl (C=O) groups excluding carboxylic acids is 1. The maximum Gasteiger partial charge on any atom is 0.280 e. The van der Waals surface area contributed by atoms with Crippen LogP contribution in [0.15, 0.2) is 67.0 Å². The van der Waals surface area contributed by atoms with E-state index >= 15 is 4.39 Å². The molecule has 1 aliphatic heterocycles. The summed E-state index contributed by atoms with van der Waals surface area (Å²) in [6.07, 6.45) is 3.96. The summed E-state index contributed by atoms with van der Waals surface area (Å²) in [7, 11) is 3.69. The average Bonchev–Trinajstić information content (AvgIpc) is 3.52. The van der Waals surface area contributed by atoms with Crippen molar-refractivity contribution in [2.24, 2.45) is 0 Å². The molecule has 1 aliphatic rings. The topological polar surface area (TPSA) is 103 Å².